The minimum absolute atomic E-state index is 0.112. The number of carboxylic acids is 1. The lowest BCUT2D eigenvalue weighted by atomic mass is 10.3. The van der Waals surface area contributed by atoms with E-state index in [2.05, 4.69) is 11.9 Å². The summed E-state index contributed by atoms with van der Waals surface area (Å²) in [6.07, 6.45) is -0.160. The molecule has 0 aliphatic rings. The summed E-state index contributed by atoms with van der Waals surface area (Å²) in [6, 6.07) is -0.561. The van der Waals surface area contributed by atoms with E-state index in [0.717, 1.165) is 0 Å². The van der Waals surface area contributed by atoms with Crippen LogP contribution in [0.4, 0.5) is 4.79 Å². The van der Waals surface area contributed by atoms with Gasteiger partial charge in [0.1, 0.15) is 0 Å². The summed E-state index contributed by atoms with van der Waals surface area (Å²) in [5, 5.41) is 28.2. The number of nitrogens with zero attached hydrogens (tertiary/aromatic N) is 1. The van der Waals surface area contributed by atoms with Gasteiger partial charge in [-0.05, 0) is 0 Å². The van der Waals surface area contributed by atoms with Gasteiger partial charge in [-0.1, -0.05) is 6.08 Å². The van der Waals surface area contributed by atoms with E-state index in [0.29, 0.717) is 0 Å². The van der Waals surface area contributed by atoms with Crippen molar-refractivity contribution in [1.29, 1.82) is 0 Å². The van der Waals surface area contributed by atoms with Crippen molar-refractivity contribution >= 4 is 12.0 Å². The molecule has 0 radical (unpaired) electrons. The van der Waals surface area contributed by atoms with Crippen molar-refractivity contribution < 1.29 is 24.9 Å². The summed E-state index contributed by atoms with van der Waals surface area (Å²) in [5.41, 5.74) is 0. The van der Waals surface area contributed by atoms with Crippen LogP contribution in [0, 0.1) is 0 Å². The van der Waals surface area contributed by atoms with E-state index in [1.807, 2.05) is 0 Å². The van der Waals surface area contributed by atoms with E-state index in [9.17, 15) is 9.59 Å². The van der Waals surface area contributed by atoms with E-state index < -0.39 is 18.1 Å². The van der Waals surface area contributed by atoms with Crippen molar-refractivity contribution in [2.24, 2.45) is 0 Å². The van der Waals surface area contributed by atoms with Gasteiger partial charge in [-0.25, -0.2) is 9.59 Å². The van der Waals surface area contributed by atoms with E-state index in [1.165, 1.54) is 11.0 Å². The second-order valence-corrected chi connectivity index (χ2v) is 3.00. The lowest BCUT2D eigenvalue weighted by Gasteiger charge is -2.20. The predicted molar refractivity (Wildman–Crippen MR) is 55.9 cm³/mol. The topological polar surface area (TPSA) is 110 Å². The molecule has 0 aromatic carbocycles. The maximum atomic E-state index is 11.4. The van der Waals surface area contributed by atoms with Gasteiger partial charge in [-0.15, -0.1) is 6.58 Å². The Labute approximate surface area is 93.0 Å². The number of carbonyl (C=O) groups excluding carboxylic acids is 1. The van der Waals surface area contributed by atoms with Crippen LogP contribution in [-0.2, 0) is 4.79 Å². The third kappa shape index (κ3) is 5.32. The molecule has 0 fully saturated rings. The van der Waals surface area contributed by atoms with Gasteiger partial charge in [0, 0.05) is 13.1 Å². The Morgan fingerprint density at radius 1 is 1.50 bits per heavy atom. The zero-order valence-electron chi connectivity index (χ0n) is 8.80. The molecule has 0 rings (SSSR count). The van der Waals surface area contributed by atoms with E-state index in [1.54, 1.807) is 0 Å². The fourth-order valence-electron chi connectivity index (χ4n) is 0.935. The van der Waals surface area contributed by atoms with Crippen molar-refractivity contribution in [2.75, 3.05) is 26.2 Å². The van der Waals surface area contributed by atoms with Crippen LogP contribution in [0.5, 0.6) is 0 Å². The molecule has 7 heteroatoms. The SMILES string of the molecule is C=CCN(CCO)C(=O)NC[C@H](O)C(=O)O. The zero-order valence-corrected chi connectivity index (χ0v) is 8.80. The first-order valence-electron chi connectivity index (χ1n) is 4.68. The summed E-state index contributed by atoms with van der Waals surface area (Å²) < 4.78 is 0. The molecule has 1 atom stereocenters. The predicted octanol–water partition coefficient (Wildman–Crippen LogP) is -1.38. The number of hydrogen-bond donors (Lipinski definition) is 4. The van der Waals surface area contributed by atoms with Gasteiger partial charge in [-0.3, -0.25) is 0 Å². The first-order valence-corrected chi connectivity index (χ1v) is 4.68. The van der Waals surface area contributed by atoms with Crippen molar-refractivity contribution in [3.63, 3.8) is 0 Å². The zero-order chi connectivity index (χ0) is 12.6. The second kappa shape index (κ2) is 7.66. The molecule has 0 aromatic heterocycles. The quantitative estimate of drug-likeness (QED) is 0.404. The molecular formula is C9H16N2O5. The first kappa shape index (κ1) is 14.4. The van der Waals surface area contributed by atoms with Crippen LogP contribution >= 0.6 is 0 Å². The second-order valence-electron chi connectivity index (χ2n) is 3.00. The molecule has 16 heavy (non-hydrogen) atoms. The third-order valence-electron chi connectivity index (χ3n) is 1.74. The van der Waals surface area contributed by atoms with Crippen LogP contribution in [-0.4, -0.2) is 64.6 Å². The summed E-state index contributed by atoms with van der Waals surface area (Å²) in [7, 11) is 0. The standard InChI is InChI=1S/C9H16N2O5/c1-2-3-11(4-5-12)9(16)10-6-7(13)8(14)15/h2,7,12-13H,1,3-6H2,(H,10,16)(H,14,15)/t7-/m0/s1. The number of aliphatic hydroxyl groups excluding tert-OH is 2. The van der Waals surface area contributed by atoms with Gasteiger partial charge in [0.25, 0.3) is 0 Å². The number of aliphatic carboxylic acids is 1. The molecule has 0 spiro atoms. The number of hydrogen-bond acceptors (Lipinski definition) is 4. The molecule has 0 aliphatic heterocycles. The fraction of sp³-hybridized carbons (Fsp3) is 0.556. The van der Waals surface area contributed by atoms with Crippen LogP contribution in [0.25, 0.3) is 0 Å². The average Bonchev–Trinajstić information content (AvgIpc) is 2.24. The highest BCUT2D eigenvalue weighted by atomic mass is 16.4. The minimum Gasteiger partial charge on any atom is -0.479 e. The molecule has 4 N–H and O–H groups in total. The largest absolute Gasteiger partial charge is 0.479 e. The maximum Gasteiger partial charge on any atom is 0.334 e. The number of carbonyl (C=O) groups is 2. The van der Waals surface area contributed by atoms with Gasteiger partial charge in [-0.2, -0.15) is 0 Å². The Hall–Kier alpha value is -1.60. The summed E-state index contributed by atoms with van der Waals surface area (Å²) in [4.78, 5) is 22.9. The van der Waals surface area contributed by atoms with Gasteiger partial charge >= 0.3 is 12.0 Å². The number of rotatable bonds is 7. The number of aliphatic hydroxyl groups is 2. The molecule has 0 unspecified atom stereocenters. The Kier molecular flexibility index (Phi) is 6.89. The van der Waals surface area contributed by atoms with Crippen LogP contribution in [0.2, 0.25) is 0 Å². The monoisotopic (exact) mass is 232 g/mol. The van der Waals surface area contributed by atoms with Crippen LogP contribution in [0.1, 0.15) is 0 Å². The van der Waals surface area contributed by atoms with Gasteiger partial charge < -0.3 is 25.5 Å². The van der Waals surface area contributed by atoms with Crippen molar-refractivity contribution in [2.45, 2.75) is 6.10 Å². The van der Waals surface area contributed by atoms with Crippen molar-refractivity contribution in [3.8, 4) is 0 Å². The van der Waals surface area contributed by atoms with E-state index in [-0.39, 0.29) is 26.2 Å². The first-order chi connectivity index (χ1) is 7.52. The Morgan fingerprint density at radius 3 is 2.56 bits per heavy atom. The van der Waals surface area contributed by atoms with Gasteiger partial charge in [0.15, 0.2) is 6.10 Å². The van der Waals surface area contributed by atoms with Crippen LogP contribution in [0.15, 0.2) is 12.7 Å². The molecule has 92 valence electrons. The normalized spacial score (nSPS) is 11.6. The highest BCUT2D eigenvalue weighted by Gasteiger charge is 2.16. The Balaban J connectivity index is 4.09. The van der Waals surface area contributed by atoms with E-state index in [4.69, 9.17) is 15.3 Å². The Bertz CT molecular complexity index is 256. The molecule has 0 heterocycles. The van der Waals surface area contributed by atoms with E-state index >= 15 is 0 Å². The summed E-state index contributed by atoms with van der Waals surface area (Å²) >= 11 is 0. The molecule has 0 saturated heterocycles. The molecule has 0 aliphatic carbocycles. The molecular weight excluding hydrogens is 216 g/mol. The van der Waals surface area contributed by atoms with Crippen molar-refractivity contribution in [3.05, 3.63) is 12.7 Å². The minimum atomic E-state index is -1.64. The van der Waals surface area contributed by atoms with Crippen molar-refractivity contribution in [1.82, 2.24) is 10.2 Å². The maximum absolute atomic E-state index is 11.4. The fourth-order valence-corrected chi connectivity index (χ4v) is 0.935. The highest BCUT2D eigenvalue weighted by Crippen LogP contribution is 1.90. The molecule has 0 aromatic rings. The number of nitrogens with one attached hydrogen (secondary N) is 1. The number of urea groups is 1. The average molecular weight is 232 g/mol. The number of carboxylic acid groups (broad SMARTS) is 1. The van der Waals surface area contributed by atoms with Crippen LogP contribution in [0.3, 0.4) is 0 Å². The summed E-state index contributed by atoms with van der Waals surface area (Å²) in [6.45, 7) is 3.20. The molecule has 7 nitrogen and oxygen atoms in total. The highest BCUT2D eigenvalue weighted by molar-refractivity contribution is 5.76. The Morgan fingerprint density at radius 2 is 2.12 bits per heavy atom. The van der Waals surface area contributed by atoms with Gasteiger partial charge in [0.2, 0.25) is 0 Å². The number of amides is 2. The lowest BCUT2D eigenvalue weighted by molar-refractivity contribution is -0.146. The third-order valence-corrected chi connectivity index (χ3v) is 1.74. The molecule has 0 bridgehead atoms. The summed E-state index contributed by atoms with van der Waals surface area (Å²) in [5.74, 6) is -1.40. The van der Waals surface area contributed by atoms with Crippen LogP contribution < -0.4 is 5.32 Å². The molecule has 2 amide bonds. The smallest absolute Gasteiger partial charge is 0.334 e. The lowest BCUT2D eigenvalue weighted by Crippen LogP contribution is -2.45. The van der Waals surface area contributed by atoms with Gasteiger partial charge in [0.05, 0.1) is 13.2 Å². The molecule has 0 saturated carbocycles.